The van der Waals surface area contributed by atoms with Gasteiger partial charge in [0.25, 0.3) is 5.56 Å². The number of benzene rings is 3. The molecule has 0 aliphatic heterocycles. The van der Waals surface area contributed by atoms with Crippen molar-refractivity contribution in [2.75, 3.05) is 0 Å². The molecular formula is C31H28N4OS. The molecular weight excluding hydrogens is 476 g/mol. The Hall–Kier alpha value is -3.64. The van der Waals surface area contributed by atoms with Gasteiger partial charge in [0.1, 0.15) is 0 Å². The van der Waals surface area contributed by atoms with Gasteiger partial charge in [-0.05, 0) is 36.0 Å². The second-order valence-electron chi connectivity index (χ2n) is 10.3. The van der Waals surface area contributed by atoms with Gasteiger partial charge in [-0.25, -0.2) is 4.40 Å². The highest BCUT2D eigenvalue weighted by Crippen LogP contribution is 2.50. The van der Waals surface area contributed by atoms with E-state index in [1.54, 1.807) is 16.2 Å². The summed E-state index contributed by atoms with van der Waals surface area (Å²) >= 11 is 1.58. The fraction of sp³-hybridized carbons (Fsp3) is 0.258. The highest BCUT2D eigenvalue weighted by Gasteiger charge is 2.45. The Balaban J connectivity index is 1.49. The fourth-order valence-electron chi connectivity index (χ4n) is 6.39. The Morgan fingerprint density at radius 1 is 0.811 bits per heavy atom. The smallest absolute Gasteiger partial charge is 0.265 e. The van der Waals surface area contributed by atoms with Crippen molar-refractivity contribution < 1.29 is 0 Å². The number of hydrogen-bond acceptors (Lipinski definition) is 4. The van der Waals surface area contributed by atoms with E-state index in [2.05, 4.69) is 75.4 Å². The number of thioether (sulfide) groups is 1. The monoisotopic (exact) mass is 504 g/mol. The van der Waals surface area contributed by atoms with Gasteiger partial charge in [0.2, 0.25) is 5.78 Å². The molecule has 184 valence electrons. The molecule has 37 heavy (non-hydrogen) atoms. The minimum absolute atomic E-state index is 0.0614. The normalized spacial score (nSPS) is 15.7. The van der Waals surface area contributed by atoms with Crippen LogP contribution in [0.15, 0.2) is 94.9 Å². The van der Waals surface area contributed by atoms with E-state index in [4.69, 9.17) is 0 Å². The summed E-state index contributed by atoms with van der Waals surface area (Å²) in [5, 5.41) is 9.88. The summed E-state index contributed by atoms with van der Waals surface area (Å²) in [7, 11) is 0. The van der Waals surface area contributed by atoms with E-state index in [1.807, 2.05) is 24.3 Å². The maximum Gasteiger partial charge on any atom is 0.265 e. The molecule has 0 bridgehead atoms. The molecule has 2 aliphatic carbocycles. The van der Waals surface area contributed by atoms with Crippen LogP contribution in [0, 0.1) is 0 Å². The zero-order valence-electron chi connectivity index (χ0n) is 20.6. The van der Waals surface area contributed by atoms with E-state index in [0.717, 1.165) is 54.7 Å². The van der Waals surface area contributed by atoms with Crippen LogP contribution in [0.1, 0.15) is 47.9 Å². The summed E-state index contributed by atoms with van der Waals surface area (Å²) in [4.78, 5) is 14.5. The molecule has 2 heterocycles. The number of hydrogen-bond donors (Lipinski definition) is 0. The van der Waals surface area contributed by atoms with E-state index < -0.39 is 0 Å². The number of rotatable bonds is 5. The maximum atomic E-state index is 14.5. The van der Waals surface area contributed by atoms with Crippen molar-refractivity contribution in [2.24, 2.45) is 0 Å². The average Bonchev–Trinajstić information content (AvgIpc) is 3.58. The van der Waals surface area contributed by atoms with Crippen molar-refractivity contribution in [3.8, 4) is 11.3 Å². The lowest BCUT2D eigenvalue weighted by Gasteiger charge is -2.37. The van der Waals surface area contributed by atoms with Gasteiger partial charge >= 0.3 is 0 Å². The molecule has 1 saturated carbocycles. The molecule has 1 spiro atoms. The number of aromatic nitrogens is 4. The van der Waals surface area contributed by atoms with E-state index in [0.29, 0.717) is 17.5 Å². The van der Waals surface area contributed by atoms with Crippen LogP contribution in [0.4, 0.5) is 0 Å². The average molecular weight is 505 g/mol. The second kappa shape index (κ2) is 9.03. The molecule has 2 aliphatic rings. The molecule has 2 aromatic heterocycles. The summed E-state index contributed by atoms with van der Waals surface area (Å²) < 4.78 is 4.05. The Kier molecular flexibility index (Phi) is 5.50. The lowest BCUT2D eigenvalue weighted by atomic mass is 9.68. The number of fused-ring (bicyclic) bond motifs is 5. The highest BCUT2D eigenvalue weighted by atomic mass is 32.2. The summed E-state index contributed by atoms with van der Waals surface area (Å²) in [6.45, 7) is 0.638. The van der Waals surface area contributed by atoms with Crippen LogP contribution >= 0.6 is 11.8 Å². The van der Waals surface area contributed by atoms with Crippen molar-refractivity contribution in [3.05, 3.63) is 118 Å². The van der Waals surface area contributed by atoms with Crippen molar-refractivity contribution in [1.82, 2.24) is 19.2 Å². The standard InChI is InChI=1S/C31H28N4OS/c36-28-26-27(25-16-8-7-15-24(25)19-31(26)17-9-10-18-31)34(20-22-11-3-1-4-12-22)29-32-33-30(35(28)29)37-21-23-13-5-2-6-14-23/h1-8,11-16H,9-10,17-21H2. The van der Waals surface area contributed by atoms with E-state index >= 15 is 0 Å². The molecule has 0 unspecified atom stereocenters. The molecule has 5 nitrogen and oxygen atoms in total. The van der Waals surface area contributed by atoms with Gasteiger partial charge in [0.05, 0.1) is 12.2 Å². The first kappa shape index (κ1) is 22.5. The van der Waals surface area contributed by atoms with Gasteiger partial charge in [0.15, 0.2) is 5.16 Å². The van der Waals surface area contributed by atoms with Gasteiger partial charge in [-0.3, -0.25) is 4.79 Å². The molecule has 5 aromatic rings. The third-order valence-corrected chi connectivity index (χ3v) is 9.07. The topological polar surface area (TPSA) is 52.2 Å². The van der Waals surface area contributed by atoms with Crippen molar-refractivity contribution >= 4 is 17.5 Å². The van der Waals surface area contributed by atoms with Gasteiger partial charge in [-0.15, -0.1) is 10.2 Å². The Morgan fingerprint density at radius 3 is 2.24 bits per heavy atom. The van der Waals surface area contributed by atoms with E-state index in [9.17, 15) is 4.79 Å². The number of nitrogens with zero attached hydrogens (tertiary/aromatic N) is 4. The van der Waals surface area contributed by atoms with Gasteiger partial charge < -0.3 is 4.57 Å². The van der Waals surface area contributed by atoms with Gasteiger partial charge in [-0.1, -0.05) is 110 Å². The summed E-state index contributed by atoms with van der Waals surface area (Å²) in [6.07, 6.45) is 5.35. The third kappa shape index (κ3) is 3.74. The first-order chi connectivity index (χ1) is 18.2. The molecule has 7 rings (SSSR count). The molecule has 0 amide bonds. The Bertz CT molecular complexity index is 1650. The van der Waals surface area contributed by atoms with E-state index in [-0.39, 0.29) is 11.0 Å². The van der Waals surface area contributed by atoms with Crippen LogP contribution in [0.3, 0.4) is 0 Å². The van der Waals surface area contributed by atoms with Crippen LogP contribution in [-0.4, -0.2) is 19.2 Å². The summed E-state index contributed by atoms with van der Waals surface area (Å²) in [5.41, 5.74) is 6.82. The molecule has 3 aromatic carbocycles. The predicted molar refractivity (Wildman–Crippen MR) is 148 cm³/mol. The predicted octanol–water partition coefficient (Wildman–Crippen LogP) is 6.27. The Labute approximate surface area is 220 Å². The minimum atomic E-state index is -0.126. The zero-order chi connectivity index (χ0) is 24.8. The third-order valence-electron chi connectivity index (χ3n) is 8.07. The summed E-state index contributed by atoms with van der Waals surface area (Å²) in [5.74, 6) is 1.36. The van der Waals surface area contributed by atoms with Crippen LogP contribution in [0.2, 0.25) is 0 Å². The summed E-state index contributed by atoms with van der Waals surface area (Å²) in [6, 6.07) is 29.4. The van der Waals surface area contributed by atoms with Crippen LogP contribution in [0.5, 0.6) is 0 Å². The SMILES string of the molecule is O=c1c2c(n(Cc3ccccc3)c3nnc(SCc4ccccc4)n13)-c1ccccc1CC21CCCC1. The minimum Gasteiger partial charge on any atom is -0.305 e. The lowest BCUT2D eigenvalue weighted by molar-refractivity contribution is 0.422. The van der Waals surface area contributed by atoms with Crippen molar-refractivity contribution in [3.63, 3.8) is 0 Å². The first-order valence-corrected chi connectivity index (χ1v) is 14.0. The van der Waals surface area contributed by atoms with Crippen LogP contribution in [-0.2, 0) is 24.1 Å². The van der Waals surface area contributed by atoms with Crippen molar-refractivity contribution in [2.45, 2.75) is 55.0 Å². The largest absolute Gasteiger partial charge is 0.305 e. The van der Waals surface area contributed by atoms with E-state index in [1.165, 1.54) is 16.7 Å². The fourth-order valence-corrected chi connectivity index (χ4v) is 7.27. The highest BCUT2D eigenvalue weighted by molar-refractivity contribution is 7.98. The molecule has 1 fully saturated rings. The maximum absolute atomic E-state index is 14.5. The molecule has 0 radical (unpaired) electrons. The van der Waals surface area contributed by atoms with Crippen molar-refractivity contribution in [1.29, 1.82) is 0 Å². The van der Waals surface area contributed by atoms with Gasteiger partial charge in [-0.2, -0.15) is 0 Å². The molecule has 0 N–H and O–H groups in total. The van der Waals surface area contributed by atoms with Crippen LogP contribution < -0.4 is 5.56 Å². The molecule has 0 atom stereocenters. The molecule has 0 saturated heterocycles. The Morgan fingerprint density at radius 2 is 1.49 bits per heavy atom. The zero-order valence-corrected chi connectivity index (χ0v) is 21.5. The first-order valence-electron chi connectivity index (χ1n) is 13.0. The van der Waals surface area contributed by atoms with Crippen LogP contribution in [0.25, 0.3) is 17.0 Å². The molecule has 6 heteroatoms. The second-order valence-corrected chi connectivity index (χ2v) is 11.3. The lowest BCUT2D eigenvalue weighted by Crippen LogP contribution is -2.40. The quantitative estimate of drug-likeness (QED) is 0.265. The van der Waals surface area contributed by atoms with Gasteiger partial charge in [0, 0.05) is 22.3 Å².